The van der Waals surface area contributed by atoms with Crippen LogP contribution in [0.4, 0.5) is 5.69 Å². The molecule has 1 aromatic carbocycles. The SMILES string of the molecule is COC(=O)[C@@H]1CC=C[C@H](C#N)N1S(=O)(=O)c1ccc([N+](=O)[O-])cc1. The zero-order valence-electron chi connectivity index (χ0n) is 12.5. The molecule has 0 bridgehead atoms. The van der Waals surface area contributed by atoms with Gasteiger partial charge in [-0.15, -0.1) is 0 Å². The van der Waals surface area contributed by atoms with Crippen molar-refractivity contribution in [2.45, 2.75) is 23.4 Å². The Balaban J connectivity index is 2.50. The van der Waals surface area contributed by atoms with Gasteiger partial charge in [-0.2, -0.15) is 9.57 Å². The van der Waals surface area contributed by atoms with Crippen molar-refractivity contribution in [3.8, 4) is 6.07 Å². The summed E-state index contributed by atoms with van der Waals surface area (Å²) >= 11 is 0. The number of nitro benzene ring substituents is 1. The van der Waals surface area contributed by atoms with Gasteiger partial charge in [0.15, 0.2) is 0 Å². The molecule has 0 N–H and O–H groups in total. The summed E-state index contributed by atoms with van der Waals surface area (Å²) in [6, 6.07) is 3.67. The van der Waals surface area contributed by atoms with E-state index >= 15 is 0 Å². The largest absolute Gasteiger partial charge is 0.468 e. The molecular formula is C14H13N3O6S. The molecule has 9 nitrogen and oxygen atoms in total. The molecule has 0 fully saturated rings. The Bertz CT molecular complexity index is 825. The minimum Gasteiger partial charge on any atom is -0.468 e. The van der Waals surface area contributed by atoms with Gasteiger partial charge in [0, 0.05) is 12.1 Å². The summed E-state index contributed by atoms with van der Waals surface area (Å²) < 4.78 is 31.0. The number of carbonyl (C=O) groups excluding carboxylic acids is 1. The monoisotopic (exact) mass is 351 g/mol. The first-order valence-corrected chi connectivity index (χ1v) is 8.19. The number of nitriles is 1. The number of sulfonamides is 1. The molecule has 1 aromatic rings. The van der Waals surface area contributed by atoms with Crippen LogP contribution >= 0.6 is 0 Å². The molecule has 2 atom stereocenters. The number of hydrogen-bond acceptors (Lipinski definition) is 7. The van der Waals surface area contributed by atoms with Crippen molar-refractivity contribution >= 4 is 21.7 Å². The van der Waals surface area contributed by atoms with Gasteiger partial charge in [0.05, 0.1) is 23.0 Å². The Kier molecular flexibility index (Phi) is 4.96. The van der Waals surface area contributed by atoms with E-state index in [0.717, 1.165) is 35.7 Å². The Morgan fingerprint density at radius 2 is 2.04 bits per heavy atom. The van der Waals surface area contributed by atoms with Gasteiger partial charge >= 0.3 is 5.97 Å². The lowest BCUT2D eigenvalue weighted by Gasteiger charge is -2.33. The number of carbonyl (C=O) groups is 1. The second kappa shape index (κ2) is 6.77. The Morgan fingerprint density at radius 1 is 1.42 bits per heavy atom. The van der Waals surface area contributed by atoms with Crippen LogP contribution in [0, 0.1) is 21.4 Å². The van der Waals surface area contributed by atoms with E-state index in [1.165, 1.54) is 12.2 Å². The lowest BCUT2D eigenvalue weighted by atomic mass is 10.1. The summed E-state index contributed by atoms with van der Waals surface area (Å²) in [7, 11) is -3.11. The molecule has 24 heavy (non-hydrogen) atoms. The van der Waals surface area contributed by atoms with Crippen molar-refractivity contribution in [3.05, 3.63) is 46.5 Å². The fourth-order valence-corrected chi connectivity index (χ4v) is 3.98. The highest BCUT2D eigenvalue weighted by Crippen LogP contribution is 2.28. The molecule has 0 aromatic heterocycles. The number of non-ortho nitro benzene ring substituents is 1. The van der Waals surface area contributed by atoms with Gasteiger partial charge in [-0.05, 0) is 18.6 Å². The third kappa shape index (κ3) is 3.12. The van der Waals surface area contributed by atoms with E-state index in [1.807, 2.05) is 6.07 Å². The summed E-state index contributed by atoms with van der Waals surface area (Å²) in [6.45, 7) is 0. The van der Waals surface area contributed by atoms with Gasteiger partial charge in [0.2, 0.25) is 10.0 Å². The van der Waals surface area contributed by atoms with Crippen LogP contribution in [0.1, 0.15) is 6.42 Å². The van der Waals surface area contributed by atoms with Gasteiger partial charge in [0.1, 0.15) is 12.1 Å². The summed E-state index contributed by atoms with van der Waals surface area (Å²) in [4.78, 5) is 21.7. The molecule has 0 saturated carbocycles. The van der Waals surface area contributed by atoms with Crippen molar-refractivity contribution in [2.24, 2.45) is 0 Å². The standard InChI is InChI=1S/C14H13N3O6S/c1-23-14(18)13-4-2-3-11(9-15)16(13)24(21,22)12-7-5-10(6-8-12)17(19)20/h2-3,5-8,11,13H,4H2,1H3/t11-,13+/m1/s1. The van der Waals surface area contributed by atoms with E-state index in [2.05, 4.69) is 4.74 Å². The number of hydrogen-bond donors (Lipinski definition) is 0. The predicted molar refractivity (Wildman–Crippen MR) is 81.1 cm³/mol. The number of esters is 1. The first-order chi connectivity index (χ1) is 11.3. The first kappa shape index (κ1) is 17.6. The van der Waals surface area contributed by atoms with E-state index in [0.29, 0.717) is 0 Å². The van der Waals surface area contributed by atoms with Crippen LogP contribution < -0.4 is 0 Å². The van der Waals surface area contributed by atoms with Crippen LogP contribution in [0.2, 0.25) is 0 Å². The number of ether oxygens (including phenoxy) is 1. The van der Waals surface area contributed by atoms with Gasteiger partial charge in [0.25, 0.3) is 5.69 Å². The minimum absolute atomic E-state index is 0.0665. The smallest absolute Gasteiger partial charge is 0.324 e. The third-order valence-corrected chi connectivity index (χ3v) is 5.39. The van der Waals surface area contributed by atoms with Crippen LogP contribution in [0.3, 0.4) is 0 Å². The Morgan fingerprint density at radius 3 is 2.54 bits per heavy atom. The number of benzene rings is 1. The third-order valence-electron chi connectivity index (χ3n) is 3.49. The van der Waals surface area contributed by atoms with Gasteiger partial charge in [-0.25, -0.2) is 8.42 Å². The molecule has 2 rings (SSSR count). The number of rotatable bonds is 4. The summed E-state index contributed by atoms with van der Waals surface area (Å²) in [5.41, 5.74) is -0.270. The Labute approximate surface area is 137 Å². The van der Waals surface area contributed by atoms with Crippen molar-refractivity contribution in [1.29, 1.82) is 5.26 Å². The van der Waals surface area contributed by atoms with Gasteiger partial charge in [-0.3, -0.25) is 14.9 Å². The number of nitrogens with zero attached hydrogens (tertiary/aromatic N) is 3. The zero-order valence-corrected chi connectivity index (χ0v) is 13.3. The molecule has 0 saturated heterocycles. The highest BCUT2D eigenvalue weighted by Gasteiger charge is 2.42. The average Bonchev–Trinajstić information content (AvgIpc) is 2.60. The molecule has 0 spiro atoms. The van der Waals surface area contributed by atoms with E-state index in [1.54, 1.807) is 0 Å². The lowest BCUT2D eigenvalue weighted by molar-refractivity contribution is -0.384. The second-order valence-electron chi connectivity index (χ2n) is 4.86. The fourth-order valence-electron chi connectivity index (χ4n) is 2.33. The van der Waals surface area contributed by atoms with E-state index in [4.69, 9.17) is 0 Å². The van der Waals surface area contributed by atoms with Gasteiger partial charge < -0.3 is 4.74 Å². The lowest BCUT2D eigenvalue weighted by Crippen LogP contribution is -2.51. The molecule has 126 valence electrons. The predicted octanol–water partition coefficient (Wildman–Crippen LogP) is 0.979. The molecule has 10 heteroatoms. The maximum Gasteiger partial charge on any atom is 0.324 e. The summed E-state index contributed by atoms with van der Waals surface area (Å²) in [6.07, 6.45) is 2.98. The van der Waals surface area contributed by atoms with Crippen LogP contribution in [-0.4, -0.2) is 42.8 Å². The average molecular weight is 351 g/mol. The quantitative estimate of drug-likeness (QED) is 0.342. The van der Waals surface area contributed by atoms with Crippen LogP contribution in [0.25, 0.3) is 0 Å². The number of methoxy groups -OCH3 is 1. The van der Waals surface area contributed by atoms with Crippen molar-refractivity contribution in [2.75, 3.05) is 7.11 Å². The van der Waals surface area contributed by atoms with Crippen LogP contribution in [0.5, 0.6) is 0 Å². The zero-order chi connectivity index (χ0) is 17.9. The maximum atomic E-state index is 12.8. The highest BCUT2D eigenvalue weighted by molar-refractivity contribution is 7.89. The van der Waals surface area contributed by atoms with E-state index in [9.17, 15) is 28.6 Å². The van der Waals surface area contributed by atoms with Crippen molar-refractivity contribution in [3.63, 3.8) is 0 Å². The van der Waals surface area contributed by atoms with Gasteiger partial charge in [-0.1, -0.05) is 12.2 Å². The molecule has 1 heterocycles. The maximum absolute atomic E-state index is 12.8. The second-order valence-corrected chi connectivity index (χ2v) is 6.71. The van der Waals surface area contributed by atoms with Crippen molar-refractivity contribution in [1.82, 2.24) is 4.31 Å². The Hall–Kier alpha value is -2.77. The molecule has 1 aliphatic heterocycles. The van der Waals surface area contributed by atoms with E-state index in [-0.39, 0.29) is 17.0 Å². The summed E-state index contributed by atoms with van der Waals surface area (Å²) in [5, 5.41) is 19.9. The van der Waals surface area contributed by atoms with Crippen molar-refractivity contribution < 1.29 is 22.9 Å². The van der Waals surface area contributed by atoms with E-state index < -0.39 is 33.0 Å². The molecule has 0 unspecified atom stereocenters. The molecular weight excluding hydrogens is 338 g/mol. The normalized spacial score (nSPS) is 21.0. The molecule has 1 aliphatic rings. The van der Waals surface area contributed by atoms with Crippen LogP contribution in [0.15, 0.2) is 41.3 Å². The molecule has 0 amide bonds. The highest BCUT2D eigenvalue weighted by atomic mass is 32.2. The molecule has 0 radical (unpaired) electrons. The molecule has 0 aliphatic carbocycles. The first-order valence-electron chi connectivity index (χ1n) is 6.75. The summed E-state index contributed by atoms with van der Waals surface area (Å²) in [5.74, 6) is -0.787. The number of nitro groups is 1. The minimum atomic E-state index is -4.23. The van der Waals surface area contributed by atoms with Crippen LogP contribution in [-0.2, 0) is 19.6 Å². The fraction of sp³-hybridized carbons (Fsp3) is 0.286. The topological polar surface area (TPSA) is 131 Å².